The monoisotopic (exact) mass is 517 g/mol. The van der Waals surface area contributed by atoms with Crippen LogP contribution in [0, 0.1) is 11.3 Å². The number of fused-ring (bicyclic) bond motifs is 1. The van der Waals surface area contributed by atoms with Crippen LogP contribution in [-0.4, -0.2) is 55.3 Å². The first kappa shape index (κ1) is 27.2. The highest BCUT2D eigenvalue weighted by atomic mass is 16.5. The van der Waals surface area contributed by atoms with E-state index in [4.69, 9.17) is 9.47 Å². The zero-order chi connectivity index (χ0) is 27.1. The molecule has 2 N–H and O–H groups in total. The summed E-state index contributed by atoms with van der Waals surface area (Å²) in [5.74, 6) is 1.37. The molecule has 4 rings (SSSR count). The number of hydrogen-bond donors (Lipinski definition) is 2. The highest BCUT2D eigenvalue weighted by Gasteiger charge is 2.21. The molecule has 0 atom stereocenters. The SMILES string of the molecule is CCOc1ccc(CNC2CCN(CCc3c(C#N)c(=O)n(C)c4ccc(OC)cc34)CC2)cc1NC=O. The van der Waals surface area contributed by atoms with Crippen LogP contribution in [0.15, 0.2) is 41.2 Å². The number of rotatable bonds is 11. The second-order valence-electron chi connectivity index (χ2n) is 9.49. The maximum Gasteiger partial charge on any atom is 0.268 e. The van der Waals surface area contributed by atoms with Crippen LogP contribution in [0.1, 0.15) is 36.5 Å². The zero-order valence-electron chi connectivity index (χ0n) is 22.3. The molecule has 9 nitrogen and oxygen atoms in total. The summed E-state index contributed by atoms with van der Waals surface area (Å²) >= 11 is 0. The van der Waals surface area contributed by atoms with Gasteiger partial charge in [-0.1, -0.05) is 6.07 Å². The van der Waals surface area contributed by atoms with Gasteiger partial charge in [-0.15, -0.1) is 0 Å². The van der Waals surface area contributed by atoms with Gasteiger partial charge in [0.15, 0.2) is 0 Å². The number of hydrogen-bond acceptors (Lipinski definition) is 7. The van der Waals surface area contributed by atoms with Gasteiger partial charge in [0.2, 0.25) is 6.41 Å². The van der Waals surface area contributed by atoms with Gasteiger partial charge in [-0.05, 0) is 80.7 Å². The second-order valence-corrected chi connectivity index (χ2v) is 9.49. The number of benzene rings is 2. The zero-order valence-corrected chi connectivity index (χ0v) is 22.3. The average Bonchev–Trinajstić information content (AvgIpc) is 2.94. The molecule has 200 valence electrons. The molecule has 0 radical (unpaired) electrons. The molecular weight excluding hydrogens is 482 g/mol. The van der Waals surface area contributed by atoms with Crippen molar-refractivity contribution in [2.45, 2.75) is 38.8 Å². The molecule has 1 aromatic heterocycles. The van der Waals surface area contributed by atoms with Gasteiger partial charge in [0.05, 0.1) is 24.9 Å². The van der Waals surface area contributed by atoms with Crippen molar-refractivity contribution in [1.29, 1.82) is 5.26 Å². The third kappa shape index (κ3) is 5.98. The molecule has 0 saturated carbocycles. The molecule has 1 fully saturated rings. The Morgan fingerprint density at radius 3 is 2.66 bits per heavy atom. The molecule has 1 amide bonds. The predicted molar refractivity (Wildman–Crippen MR) is 148 cm³/mol. The fourth-order valence-corrected chi connectivity index (χ4v) is 5.13. The number of amides is 1. The molecule has 0 aliphatic carbocycles. The number of nitrogens with one attached hydrogen (secondary N) is 2. The Morgan fingerprint density at radius 1 is 1.18 bits per heavy atom. The van der Waals surface area contributed by atoms with E-state index in [0.29, 0.717) is 49.2 Å². The fourth-order valence-electron chi connectivity index (χ4n) is 5.13. The number of carbonyl (C=O) groups excluding carboxylic acids is 1. The van der Waals surface area contributed by atoms with Crippen LogP contribution in [0.25, 0.3) is 10.9 Å². The van der Waals surface area contributed by atoms with Crippen molar-refractivity contribution in [3.63, 3.8) is 0 Å². The number of aromatic nitrogens is 1. The molecule has 3 aromatic rings. The van der Waals surface area contributed by atoms with Crippen molar-refractivity contribution in [2.24, 2.45) is 7.05 Å². The number of aryl methyl sites for hydroxylation is 1. The highest BCUT2D eigenvalue weighted by molar-refractivity contribution is 5.86. The van der Waals surface area contributed by atoms with E-state index in [1.54, 1.807) is 14.2 Å². The molecule has 1 aliphatic rings. The third-order valence-electron chi connectivity index (χ3n) is 7.24. The van der Waals surface area contributed by atoms with E-state index < -0.39 is 0 Å². The first-order valence-electron chi connectivity index (χ1n) is 13.0. The minimum absolute atomic E-state index is 0.212. The van der Waals surface area contributed by atoms with Crippen LogP contribution >= 0.6 is 0 Å². The van der Waals surface area contributed by atoms with Gasteiger partial charge in [0.1, 0.15) is 23.1 Å². The fraction of sp³-hybridized carbons (Fsp3) is 0.414. The van der Waals surface area contributed by atoms with E-state index in [-0.39, 0.29) is 11.1 Å². The number of piperidine rings is 1. The Bertz CT molecular complexity index is 1390. The summed E-state index contributed by atoms with van der Waals surface area (Å²) in [5, 5.41) is 17.0. The van der Waals surface area contributed by atoms with E-state index in [0.717, 1.165) is 54.5 Å². The normalized spacial score (nSPS) is 14.3. The third-order valence-corrected chi connectivity index (χ3v) is 7.24. The Morgan fingerprint density at radius 2 is 1.97 bits per heavy atom. The van der Waals surface area contributed by atoms with Crippen molar-refractivity contribution in [2.75, 3.05) is 38.7 Å². The molecule has 2 aromatic carbocycles. The van der Waals surface area contributed by atoms with Gasteiger partial charge in [-0.3, -0.25) is 9.59 Å². The van der Waals surface area contributed by atoms with E-state index in [1.807, 2.05) is 43.3 Å². The van der Waals surface area contributed by atoms with E-state index in [9.17, 15) is 14.9 Å². The predicted octanol–water partition coefficient (Wildman–Crippen LogP) is 3.18. The summed E-state index contributed by atoms with van der Waals surface area (Å²) < 4.78 is 12.5. The summed E-state index contributed by atoms with van der Waals surface area (Å²) in [7, 11) is 3.32. The van der Waals surface area contributed by atoms with E-state index >= 15 is 0 Å². The van der Waals surface area contributed by atoms with Crippen LogP contribution in [0.5, 0.6) is 11.5 Å². The minimum Gasteiger partial charge on any atom is -0.497 e. The number of likely N-dealkylation sites (tertiary alicyclic amines) is 1. The van der Waals surface area contributed by atoms with Gasteiger partial charge >= 0.3 is 0 Å². The molecule has 0 spiro atoms. The summed E-state index contributed by atoms with van der Waals surface area (Å²) in [5.41, 5.74) is 3.30. The maximum absolute atomic E-state index is 12.8. The molecule has 0 bridgehead atoms. The lowest BCUT2D eigenvalue weighted by Gasteiger charge is -2.32. The van der Waals surface area contributed by atoms with Crippen molar-refractivity contribution in [3.05, 3.63) is 63.4 Å². The van der Waals surface area contributed by atoms with Gasteiger partial charge in [0.25, 0.3) is 5.56 Å². The summed E-state index contributed by atoms with van der Waals surface area (Å²) in [6.45, 7) is 5.81. The number of pyridine rings is 1. The lowest BCUT2D eigenvalue weighted by Crippen LogP contribution is -2.43. The molecule has 38 heavy (non-hydrogen) atoms. The number of anilines is 1. The smallest absolute Gasteiger partial charge is 0.268 e. The topological polar surface area (TPSA) is 109 Å². The first-order chi connectivity index (χ1) is 18.5. The van der Waals surface area contributed by atoms with Gasteiger partial charge in [-0.25, -0.2) is 0 Å². The summed E-state index contributed by atoms with van der Waals surface area (Å²) in [6.07, 6.45) is 3.30. The molecule has 0 unspecified atom stereocenters. The summed E-state index contributed by atoms with van der Waals surface area (Å²) in [4.78, 5) is 26.2. The summed E-state index contributed by atoms with van der Waals surface area (Å²) in [6, 6.07) is 14.0. The lowest BCUT2D eigenvalue weighted by atomic mass is 9.99. The lowest BCUT2D eigenvalue weighted by molar-refractivity contribution is -0.105. The molecule has 1 aliphatic heterocycles. The molecule has 1 saturated heterocycles. The average molecular weight is 518 g/mol. The van der Waals surface area contributed by atoms with Gasteiger partial charge in [-0.2, -0.15) is 5.26 Å². The molecular formula is C29H35N5O4. The van der Waals surface area contributed by atoms with Gasteiger partial charge in [0, 0.05) is 31.6 Å². The standard InChI is InChI=1S/C29H35N5O4/c1-4-38-28-8-5-20(15-26(28)32-19-35)18-31-21-9-12-34(13-10-21)14-11-23-24-16-22(37-3)6-7-27(24)33(2)29(36)25(23)17-30/h5-8,15-16,19,21,31H,4,9-14,18H2,1-3H3,(H,32,35). The number of carbonyl (C=O) groups is 1. The van der Waals surface area contributed by atoms with Crippen LogP contribution < -0.4 is 25.7 Å². The highest BCUT2D eigenvalue weighted by Crippen LogP contribution is 2.27. The van der Waals surface area contributed by atoms with Crippen LogP contribution in [0.2, 0.25) is 0 Å². The van der Waals surface area contributed by atoms with Crippen molar-refractivity contribution < 1.29 is 14.3 Å². The first-order valence-corrected chi connectivity index (χ1v) is 13.0. The van der Waals surface area contributed by atoms with Crippen molar-refractivity contribution in [1.82, 2.24) is 14.8 Å². The van der Waals surface area contributed by atoms with E-state index in [1.165, 1.54) is 4.57 Å². The van der Waals surface area contributed by atoms with Gasteiger partial charge < -0.3 is 29.6 Å². The van der Waals surface area contributed by atoms with Crippen LogP contribution in [0.3, 0.4) is 0 Å². The Labute approximate surface area is 223 Å². The Hall–Kier alpha value is -3.87. The maximum atomic E-state index is 12.8. The number of methoxy groups -OCH3 is 1. The number of ether oxygens (including phenoxy) is 2. The van der Waals surface area contributed by atoms with Crippen molar-refractivity contribution >= 4 is 23.0 Å². The minimum atomic E-state index is -0.260. The van der Waals surface area contributed by atoms with E-state index in [2.05, 4.69) is 21.6 Å². The van der Waals surface area contributed by atoms with Crippen molar-refractivity contribution in [3.8, 4) is 17.6 Å². The van der Waals surface area contributed by atoms with Crippen LogP contribution in [0.4, 0.5) is 5.69 Å². The van der Waals surface area contributed by atoms with Crippen LogP contribution in [-0.2, 0) is 24.8 Å². The quantitative estimate of drug-likeness (QED) is 0.376. The number of nitriles is 1. The molecule has 2 heterocycles. The second kappa shape index (κ2) is 12.6. The largest absolute Gasteiger partial charge is 0.497 e. The Kier molecular flexibility index (Phi) is 9.00. The Balaban J connectivity index is 1.37. The molecule has 9 heteroatoms. The number of nitrogens with zero attached hydrogens (tertiary/aromatic N) is 3.